The Bertz CT molecular complexity index is 453. The van der Waals surface area contributed by atoms with Gasteiger partial charge in [0.2, 0.25) is 0 Å². The fourth-order valence-electron chi connectivity index (χ4n) is 1.21. The summed E-state index contributed by atoms with van der Waals surface area (Å²) >= 11 is 0. The molecule has 0 spiro atoms. The van der Waals surface area contributed by atoms with Crippen LogP contribution in [0.4, 0.5) is 4.39 Å². The molecular formula is C12H12FNO4. The Hall–Kier alpha value is -2.24. The van der Waals surface area contributed by atoms with Gasteiger partial charge >= 0.3 is 5.97 Å². The SMILES string of the molecule is O=C(ON=C1CCC1)c1ccccc1F.O=CO. The topological polar surface area (TPSA) is 76.0 Å². The average Bonchev–Trinajstić information content (AvgIpc) is 2.28. The zero-order chi connectivity index (χ0) is 13.4. The number of carboxylic acid groups (broad SMARTS) is 1. The number of halogens is 1. The van der Waals surface area contributed by atoms with Crippen LogP contribution in [0.3, 0.4) is 0 Å². The first-order valence-electron chi connectivity index (χ1n) is 5.28. The molecule has 0 heterocycles. The summed E-state index contributed by atoms with van der Waals surface area (Å²) in [4.78, 5) is 24.3. The van der Waals surface area contributed by atoms with Crippen LogP contribution in [0.5, 0.6) is 0 Å². The Morgan fingerprint density at radius 1 is 1.39 bits per heavy atom. The summed E-state index contributed by atoms with van der Waals surface area (Å²) < 4.78 is 13.1. The van der Waals surface area contributed by atoms with Crippen molar-refractivity contribution in [1.82, 2.24) is 0 Å². The van der Waals surface area contributed by atoms with Crippen molar-refractivity contribution in [3.8, 4) is 0 Å². The lowest BCUT2D eigenvalue weighted by Crippen LogP contribution is -2.12. The second kappa shape index (κ2) is 7.16. The molecule has 1 aliphatic rings. The van der Waals surface area contributed by atoms with Crippen LogP contribution >= 0.6 is 0 Å². The second-order valence-corrected chi connectivity index (χ2v) is 3.48. The van der Waals surface area contributed by atoms with Crippen LogP contribution in [-0.2, 0) is 9.63 Å². The maximum Gasteiger partial charge on any atom is 0.368 e. The molecule has 2 rings (SSSR count). The fourth-order valence-corrected chi connectivity index (χ4v) is 1.21. The Kier molecular flexibility index (Phi) is 5.50. The number of nitrogens with zero attached hydrogens (tertiary/aromatic N) is 1. The van der Waals surface area contributed by atoms with E-state index in [0.717, 1.165) is 25.0 Å². The van der Waals surface area contributed by atoms with Gasteiger partial charge in [0.1, 0.15) is 5.82 Å². The molecule has 0 aliphatic heterocycles. The molecule has 6 heteroatoms. The summed E-state index contributed by atoms with van der Waals surface area (Å²) in [7, 11) is 0. The van der Waals surface area contributed by atoms with Gasteiger partial charge in [0.15, 0.2) is 0 Å². The number of hydrogen-bond donors (Lipinski definition) is 1. The normalized spacial score (nSPS) is 12.6. The van der Waals surface area contributed by atoms with E-state index in [-0.39, 0.29) is 12.0 Å². The lowest BCUT2D eigenvalue weighted by atomic mass is 9.98. The van der Waals surface area contributed by atoms with Gasteiger partial charge in [-0.1, -0.05) is 17.3 Å². The molecule has 1 fully saturated rings. The van der Waals surface area contributed by atoms with Crippen LogP contribution in [0.15, 0.2) is 29.4 Å². The molecule has 5 nitrogen and oxygen atoms in total. The highest BCUT2D eigenvalue weighted by atomic mass is 19.1. The van der Waals surface area contributed by atoms with Crippen molar-refractivity contribution >= 4 is 18.2 Å². The first-order chi connectivity index (χ1) is 8.69. The highest BCUT2D eigenvalue weighted by Gasteiger charge is 2.15. The molecule has 0 bridgehead atoms. The van der Waals surface area contributed by atoms with Crippen molar-refractivity contribution in [2.75, 3.05) is 0 Å². The van der Waals surface area contributed by atoms with E-state index >= 15 is 0 Å². The lowest BCUT2D eigenvalue weighted by molar-refractivity contribution is -0.122. The van der Waals surface area contributed by atoms with E-state index in [9.17, 15) is 9.18 Å². The number of rotatable bonds is 2. The van der Waals surface area contributed by atoms with Gasteiger partial charge in [0.05, 0.1) is 11.3 Å². The van der Waals surface area contributed by atoms with Crippen molar-refractivity contribution in [3.05, 3.63) is 35.6 Å². The summed E-state index contributed by atoms with van der Waals surface area (Å²) in [5, 5.41) is 10.5. The minimum Gasteiger partial charge on any atom is -0.483 e. The van der Waals surface area contributed by atoms with Gasteiger partial charge in [-0.2, -0.15) is 0 Å². The molecule has 0 unspecified atom stereocenters. The van der Waals surface area contributed by atoms with E-state index in [2.05, 4.69) is 9.99 Å². The summed E-state index contributed by atoms with van der Waals surface area (Å²) in [6, 6.07) is 5.69. The first kappa shape index (κ1) is 13.8. The summed E-state index contributed by atoms with van der Waals surface area (Å²) in [5.74, 6) is -1.33. The first-order valence-corrected chi connectivity index (χ1v) is 5.28. The van der Waals surface area contributed by atoms with E-state index in [4.69, 9.17) is 9.90 Å². The fraction of sp³-hybridized carbons (Fsp3) is 0.250. The maximum absolute atomic E-state index is 13.1. The van der Waals surface area contributed by atoms with E-state index in [1.165, 1.54) is 18.2 Å². The quantitative estimate of drug-likeness (QED) is 0.498. The largest absolute Gasteiger partial charge is 0.483 e. The van der Waals surface area contributed by atoms with E-state index in [0.29, 0.717) is 0 Å². The highest BCUT2D eigenvalue weighted by molar-refractivity contribution is 5.92. The summed E-state index contributed by atoms with van der Waals surface area (Å²) in [6.45, 7) is -0.250. The predicted octanol–water partition coefficient (Wildman–Crippen LogP) is 2.22. The van der Waals surface area contributed by atoms with Crippen LogP contribution in [0.25, 0.3) is 0 Å². The third kappa shape index (κ3) is 3.97. The lowest BCUT2D eigenvalue weighted by Gasteiger charge is -2.12. The zero-order valence-corrected chi connectivity index (χ0v) is 9.51. The van der Waals surface area contributed by atoms with Gasteiger partial charge in [-0.25, -0.2) is 9.18 Å². The molecule has 0 aromatic heterocycles. The number of oxime groups is 1. The van der Waals surface area contributed by atoms with Gasteiger partial charge in [0.25, 0.3) is 6.47 Å². The van der Waals surface area contributed by atoms with Crippen molar-refractivity contribution in [3.63, 3.8) is 0 Å². The van der Waals surface area contributed by atoms with Crippen molar-refractivity contribution in [1.29, 1.82) is 0 Å². The monoisotopic (exact) mass is 253 g/mol. The molecular weight excluding hydrogens is 241 g/mol. The molecule has 96 valence electrons. The average molecular weight is 253 g/mol. The van der Waals surface area contributed by atoms with Crippen molar-refractivity contribution < 1.29 is 23.9 Å². The number of hydrogen-bond acceptors (Lipinski definition) is 4. The van der Waals surface area contributed by atoms with Gasteiger partial charge < -0.3 is 9.94 Å². The molecule has 0 amide bonds. The van der Waals surface area contributed by atoms with E-state index in [1.54, 1.807) is 6.07 Å². The smallest absolute Gasteiger partial charge is 0.368 e. The van der Waals surface area contributed by atoms with Crippen LogP contribution in [0, 0.1) is 5.82 Å². The predicted molar refractivity (Wildman–Crippen MR) is 61.8 cm³/mol. The Labute approximate surface area is 103 Å². The van der Waals surface area contributed by atoms with Crippen LogP contribution in [0.1, 0.15) is 29.6 Å². The second-order valence-electron chi connectivity index (χ2n) is 3.48. The molecule has 18 heavy (non-hydrogen) atoms. The minimum atomic E-state index is -0.743. The summed E-state index contributed by atoms with van der Waals surface area (Å²) in [5.41, 5.74) is 0.779. The minimum absolute atomic E-state index is 0.0822. The van der Waals surface area contributed by atoms with Gasteiger partial charge in [-0.15, -0.1) is 0 Å². The van der Waals surface area contributed by atoms with Crippen LogP contribution in [0.2, 0.25) is 0 Å². The maximum atomic E-state index is 13.1. The standard InChI is InChI=1S/C11H10FNO2.CH2O2/c12-10-7-2-1-6-9(10)11(14)15-13-8-4-3-5-8;2-1-3/h1-2,6-7H,3-5H2;1H,(H,2,3). The third-order valence-corrected chi connectivity index (χ3v) is 2.28. The Morgan fingerprint density at radius 3 is 2.50 bits per heavy atom. The van der Waals surface area contributed by atoms with Crippen LogP contribution < -0.4 is 0 Å². The number of benzene rings is 1. The number of carbonyl (C=O) groups is 2. The summed E-state index contributed by atoms with van der Waals surface area (Å²) in [6.07, 6.45) is 2.81. The van der Waals surface area contributed by atoms with Gasteiger partial charge in [0, 0.05) is 0 Å². The van der Waals surface area contributed by atoms with Crippen molar-refractivity contribution in [2.45, 2.75) is 19.3 Å². The third-order valence-electron chi connectivity index (χ3n) is 2.28. The number of carbonyl (C=O) groups excluding carboxylic acids is 1. The zero-order valence-electron chi connectivity index (χ0n) is 9.51. The van der Waals surface area contributed by atoms with E-state index < -0.39 is 11.8 Å². The molecule has 1 saturated carbocycles. The van der Waals surface area contributed by atoms with Crippen molar-refractivity contribution in [2.24, 2.45) is 5.16 Å². The molecule has 0 saturated heterocycles. The molecule has 0 atom stereocenters. The molecule has 1 aromatic carbocycles. The molecule has 1 aliphatic carbocycles. The van der Waals surface area contributed by atoms with Gasteiger partial charge in [-0.05, 0) is 31.4 Å². The Balaban J connectivity index is 0.000000492. The molecule has 0 radical (unpaired) electrons. The molecule has 1 aromatic rings. The molecule has 1 N–H and O–H groups in total. The highest BCUT2D eigenvalue weighted by Crippen LogP contribution is 2.15. The Morgan fingerprint density at radius 2 is 2.00 bits per heavy atom. The van der Waals surface area contributed by atoms with E-state index in [1.807, 2.05) is 0 Å². The van der Waals surface area contributed by atoms with Gasteiger partial charge in [-0.3, -0.25) is 4.79 Å². The van der Waals surface area contributed by atoms with Crippen LogP contribution in [-0.4, -0.2) is 23.3 Å².